The van der Waals surface area contributed by atoms with Crippen molar-refractivity contribution in [2.24, 2.45) is 0 Å². The van der Waals surface area contributed by atoms with Crippen LogP contribution < -0.4 is 0 Å². The third-order valence-corrected chi connectivity index (χ3v) is 4.56. The van der Waals surface area contributed by atoms with E-state index in [2.05, 4.69) is 12.1 Å². The molecule has 3 rings (SSSR count). The van der Waals surface area contributed by atoms with Crippen LogP contribution in [-0.4, -0.2) is 0 Å². The number of hydrogen-bond acceptors (Lipinski definition) is 0. The molecule has 1 saturated carbocycles. The summed E-state index contributed by atoms with van der Waals surface area (Å²) < 4.78 is 26.4. The largest absolute Gasteiger partial charge is 0.204 e. The molecule has 1 aliphatic carbocycles. The normalized spacial score (nSPS) is 16.1. The van der Waals surface area contributed by atoms with Crippen molar-refractivity contribution < 1.29 is 8.78 Å². The molecule has 0 radical (unpaired) electrons. The van der Waals surface area contributed by atoms with Gasteiger partial charge in [-0.3, -0.25) is 0 Å². The molecule has 0 aromatic heterocycles. The van der Waals surface area contributed by atoms with Gasteiger partial charge in [-0.1, -0.05) is 43.5 Å². The third-order valence-electron chi connectivity index (χ3n) is 4.56. The van der Waals surface area contributed by atoms with E-state index < -0.39 is 11.6 Å². The highest BCUT2D eigenvalue weighted by molar-refractivity contribution is 5.67. The Morgan fingerprint density at radius 2 is 1.62 bits per heavy atom. The Morgan fingerprint density at radius 1 is 0.857 bits per heavy atom. The van der Waals surface area contributed by atoms with Gasteiger partial charge in [0.2, 0.25) is 0 Å². The summed E-state index contributed by atoms with van der Waals surface area (Å²) in [4.78, 5) is 0. The number of halogens is 2. The van der Waals surface area contributed by atoms with Crippen molar-refractivity contribution >= 4 is 0 Å². The van der Waals surface area contributed by atoms with Crippen molar-refractivity contribution in [2.75, 3.05) is 0 Å². The van der Waals surface area contributed by atoms with Crippen molar-refractivity contribution in [2.45, 2.75) is 44.9 Å². The lowest BCUT2D eigenvalue weighted by Gasteiger charge is -2.23. The van der Waals surface area contributed by atoms with Gasteiger partial charge >= 0.3 is 0 Å². The van der Waals surface area contributed by atoms with E-state index in [9.17, 15) is 8.78 Å². The van der Waals surface area contributed by atoms with Gasteiger partial charge in [0.05, 0.1) is 0 Å². The van der Waals surface area contributed by atoms with Gasteiger partial charge in [0.15, 0.2) is 11.6 Å². The molecule has 0 bridgehead atoms. The van der Waals surface area contributed by atoms with Crippen LogP contribution in [-0.2, 0) is 0 Å². The highest BCUT2D eigenvalue weighted by Crippen LogP contribution is 2.35. The average molecular weight is 286 g/mol. The van der Waals surface area contributed by atoms with Crippen LogP contribution in [0.2, 0.25) is 0 Å². The third kappa shape index (κ3) is 2.99. The van der Waals surface area contributed by atoms with Gasteiger partial charge in [0.25, 0.3) is 0 Å². The summed E-state index contributed by atoms with van der Waals surface area (Å²) >= 11 is 0. The zero-order chi connectivity index (χ0) is 14.8. The Balaban J connectivity index is 1.91. The van der Waals surface area contributed by atoms with E-state index in [1.807, 2.05) is 13.0 Å². The minimum atomic E-state index is -0.796. The second-order valence-electron chi connectivity index (χ2n) is 6.04. The lowest BCUT2D eigenvalue weighted by molar-refractivity contribution is 0.443. The van der Waals surface area contributed by atoms with Crippen LogP contribution in [0.25, 0.3) is 11.1 Å². The predicted molar refractivity (Wildman–Crippen MR) is 82.4 cm³/mol. The molecule has 1 fully saturated rings. The molecule has 0 unspecified atom stereocenters. The highest BCUT2D eigenvalue weighted by Gasteiger charge is 2.16. The fraction of sp³-hybridized carbons (Fsp3) is 0.368. The monoisotopic (exact) mass is 286 g/mol. The molecule has 110 valence electrons. The molecule has 2 aromatic carbocycles. The molecule has 2 heteroatoms. The van der Waals surface area contributed by atoms with E-state index in [0.717, 1.165) is 16.7 Å². The molecular weight excluding hydrogens is 266 g/mol. The maximum Gasteiger partial charge on any atom is 0.159 e. The van der Waals surface area contributed by atoms with Crippen molar-refractivity contribution in [3.63, 3.8) is 0 Å². The van der Waals surface area contributed by atoms with Gasteiger partial charge in [-0.05, 0) is 60.1 Å². The van der Waals surface area contributed by atoms with Crippen LogP contribution in [0.1, 0.15) is 49.1 Å². The Morgan fingerprint density at radius 3 is 2.29 bits per heavy atom. The highest BCUT2D eigenvalue weighted by atomic mass is 19.2. The topological polar surface area (TPSA) is 0 Å². The Hall–Kier alpha value is -1.70. The zero-order valence-corrected chi connectivity index (χ0v) is 12.3. The van der Waals surface area contributed by atoms with Gasteiger partial charge in [-0.2, -0.15) is 0 Å². The fourth-order valence-corrected chi connectivity index (χ4v) is 3.36. The standard InChI is InChI=1S/C19H20F2/c1-13-11-15(14-5-3-2-4-6-14)7-9-17(13)16-8-10-18(20)19(21)12-16/h7-12,14H,2-6H2,1H3. The van der Waals surface area contributed by atoms with E-state index in [-0.39, 0.29) is 0 Å². The van der Waals surface area contributed by atoms with E-state index >= 15 is 0 Å². The second kappa shape index (κ2) is 5.97. The van der Waals surface area contributed by atoms with E-state index in [4.69, 9.17) is 0 Å². The first-order valence-corrected chi connectivity index (χ1v) is 7.71. The molecule has 0 atom stereocenters. The number of aryl methyl sites for hydroxylation is 1. The fourth-order valence-electron chi connectivity index (χ4n) is 3.36. The molecule has 0 aliphatic heterocycles. The maximum atomic E-state index is 13.4. The Bertz CT molecular complexity index is 640. The van der Waals surface area contributed by atoms with Gasteiger partial charge in [0, 0.05) is 0 Å². The molecule has 1 aliphatic rings. The van der Waals surface area contributed by atoms with Crippen LogP contribution in [0.5, 0.6) is 0 Å². The van der Waals surface area contributed by atoms with E-state index in [1.54, 1.807) is 6.07 Å². The minimum Gasteiger partial charge on any atom is -0.204 e. The SMILES string of the molecule is Cc1cc(C2CCCCC2)ccc1-c1ccc(F)c(F)c1. The van der Waals surface area contributed by atoms with Gasteiger partial charge < -0.3 is 0 Å². The smallest absolute Gasteiger partial charge is 0.159 e. The number of hydrogen-bond donors (Lipinski definition) is 0. The van der Waals surface area contributed by atoms with Crippen molar-refractivity contribution in [1.29, 1.82) is 0 Å². The summed E-state index contributed by atoms with van der Waals surface area (Å²) in [6.45, 7) is 2.04. The molecule has 21 heavy (non-hydrogen) atoms. The van der Waals surface area contributed by atoms with Gasteiger partial charge in [-0.15, -0.1) is 0 Å². The lowest BCUT2D eigenvalue weighted by atomic mass is 9.83. The minimum absolute atomic E-state index is 0.663. The van der Waals surface area contributed by atoms with Crippen LogP contribution >= 0.6 is 0 Å². The average Bonchev–Trinajstić information content (AvgIpc) is 2.51. The Labute approximate surface area is 124 Å². The molecule has 0 N–H and O–H groups in total. The maximum absolute atomic E-state index is 13.4. The summed E-state index contributed by atoms with van der Waals surface area (Å²) in [6, 6.07) is 10.5. The molecule has 0 amide bonds. The predicted octanol–water partition coefficient (Wildman–Crippen LogP) is 5.99. The zero-order valence-electron chi connectivity index (χ0n) is 12.3. The van der Waals surface area contributed by atoms with Crippen LogP contribution in [0, 0.1) is 18.6 Å². The van der Waals surface area contributed by atoms with Gasteiger partial charge in [-0.25, -0.2) is 8.78 Å². The van der Waals surface area contributed by atoms with Crippen LogP contribution in [0.15, 0.2) is 36.4 Å². The van der Waals surface area contributed by atoms with Crippen LogP contribution in [0.4, 0.5) is 8.78 Å². The first-order valence-electron chi connectivity index (χ1n) is 7.71. The second-order valence-corrected chi connectivity index (χ2v) is 6.04. The number of benzene rings is 2. The first kappa shape index (κ1) is 14.2. The molecule has 0 heterocycles. The van der Waals surface area contributed by atoms with Crippen molar-refractivity contribution in [3.05, 3.63) is 59.2 Å². The van der Waals surface area contributed by atoms with Crippen LogP contribution in [0.3, 0.4) is 0 Å². The van der Waals surface area contributed by atoms with Crippen molar-refractivity contribution in [1.82, 2.24) is 0 Å². The molecule has 0 saturated heterocycles. The Kier molecular flexibility index (Phi) is 4.05. The molecule has 0 spiro atoms. The summed E-state index contributed by atoms with van der Waals surface area (Å²) in [5.41, 5.74) is 4.23. The van der Waals surface area contributed by atoms with Crippen molar-refractivity contribution in [3.8, 4) is 11.1 Å². The number of rotatable bonds is 2. The first-order chi connectivity index (χ1) is 10.1. The summed E-state index contributed by atoms with van der Waals surface area (Å²) in [6.07, 6.45) is 6.51. The lowest BCUT2D eigenvalue weighted by Crippen LogP contribution is -2.04. The molecule has 0 nitrogen and oxygen atoms in total. The molecule has 2 aromatic rings. The molecular formula is C19H20F2. The summed E-state index contributed by atoms with van der Waals surface area (Å²) in [5, 5.41) is 0. The van der Waals surface area contributed by atoms with E-state index in [0.29, 0.717) is 5.92 Å². The quantitative estimate of drug-likeness (QED) is 0.636. The van der Waals surface area contributed by atoms with E-state index in [1.165, 1.54) is 49.8 Å². The summed E-state index contributed by atoms with van der Waals surface area (Å²) in [7, 11) is 0. The van der Waals surface area contributed by atoms with Gasteiger partial charge in [0.1, 0.15) is 0 Å². The summed E-state index contributed by atoms with van der Waals surface area (Å²) in [5.74, 6) is -0.921.